The minimum Gasteiger partial charge on any atom is -0.465 e. The van der Waals surface area contributed by atoms with Crippen LogP contribution in [0.25, 0.3) is 0 Å². The predicted octanol–water partition coefficient (Wildman–Crippen LogP) is 2.78. The van der Waals surface area contributed by atoms with Crippen molar-refractivity contribution in [1.82, 2.24) is 4.90 Å². The summed E-state index contributed by atoms with van der Waals surface area (Å²) < 4.78 is 0. The van der Waals surface area contributed by atoms with E-state index in [-0.39, 0.29) is 6.04 Å². The number of amides is 1. The Morgan fingerprint density at radius 1 is 1.50 bits per heavy atom. The second-order valence-electron chi connectivity index (χ2n) is 4.01. The highest BCUT2D eigenvalue weighted by molar-refractivity contribution is 6.18. The number of alkyl halides is 1. The lowest BCUT2D eigenvalue weighted by molar-refractivity contribution is 0.117. The third-order valence-corrected chi connectivity index (χ3v) is 3.47. The van der Waals surface area contributed by atoms with Gasteiger partial charge in [-0.15, -0.1) is 11.6 Å². The van der Waals surface area contributed by atoms with Crippen molar-refractivity contribution in [2.75, 3.05) is 12.9 Å². The molecule has 0 aromatic rings. The van der Waals surface area contributed by atoms with Crippen LogP contribution in [0.3, 0.4) is 0 Å². The van der Waals surface area contributed by atoms with Gasteiger partial charge in [0.2, 0.25) is 0 Å². The molecule has 0 aromatic heterocycles. The molecule has 0 aliphatic heterocycles. The molecule has 1 aliphatic carbocycles. The molecule has 0 bridgehead atoms. The average Bonchev–Trinajstić information content (AvgIpc) is 2.20. The van der Waals surface area contributed by atoms with Crippen LogP contribution in [-0.2, 0) is 0 Å². The first kappa shape index (κ1) is 11.6. The van der Waals surface area contributed by atoms with Crippen LogP contribution in [0, 0.1) is 5.92 Å². The SMILES string of the molecule is CN(C(=O)O)C(CCl)C1CCCCC1. The molecule has 0 heterocycles. The van der Waals surface area contributed by atoms with Crippen LogP contribution in [0.5, 0.6) is 0 Å². The number of carboxylic acid groups (broad SMARTS) is 1. The average molecular weight is 220 g/mol. The van der Waals surface area contributed by atoms with Crippen molar-refractivity contribution in [3.05, 3.63) is 0 Å². The van der Waals surface area contributed by atoms with Crippen molar-refractivity contribution in [1.29, 1.82) is 0 Å². The minimum absolute atomic E-state index is 0.00512. The molecule has 1 saturated carbocycles. The first-order chi connectivity index (χ1) is 6.66. The molecule has 0 spiro atoms. The number of nitrogens with zero attached hydrogens (tertiary/aromatic N) is 1. The van der Waals surface area contributed by atoms with Crippen molar-refractivity contribution in [2.45, 2.75) is 38.1 Å². The zero-order valence-corrected chi connectivity index (χ0v) is 9.33. The van der Waals surface area contributed by atoms with E-state index in [0.29, 0.717) is 11.8 Å². The van der Waals surface area contributed by atoms with E-state index in [1.165, 1.54) is 24.2 Å². The molecule has 14 heavy (non-hydrogen) atoms. The van der Waals surface area contributed by atoms with E-state index < -0.39 is 6.09 Å². The fourth-order valence-corrected chi connectivity index (χ4v) is 2.67. The number of hydrogen-bond acceptors (Lipinski definition) is 1. The van der Waals surface area contributed by atoms with Gasteiger partial charge in [0.1, 0.15) is 0 Å². The van der Waals surface area contributed by atoms with E-state index in [4.69, 9.17) is 16.7 Å². The van der Waals surface area contributed by atoms with E-state index in [0.717, 1.165) is 12.8 Å². The lowest BCUT2D eigenvalue weighted by atomic mass is 9.84. The fourth-order valence-electron chi connectivity index (χ4n) is 2.21. The molecule has 82 valence electrons. The van der Waals surface area contributed by atoms with Crippen LogP contribution in [0.15, 0.2) is 0 Å². The summed E-state index contributed by atoms with van der Waals surface area (Å²) in [6, 6.07) is -0.00512. The second kappa shape index (κ2) is 5.44. The fraction of sp³-hybridized carbons (Fsp3) is 0.900. The van der Waals surface area contributed by atoms with Crippen LogP contribution < -0.4 is 0 Å². The Hall–Kier alpha value is -0.440. The van der Waals surface area contributed by atoms with E-state index in [9.17, 15) is 4.79 Å². The smallest absolute Gasteiger partial charge is 0.407 e. The highest BCUT2D eigenvalue weighted by Gasteiger charge is 2.28. The monoisotopic (exact) mass is 219 g/mol. The van der Waals surface area contributed by atoms with E-state index in [1.807, 2.05) is 0 Å². The van der Waals surface area contributed by atoms with Gasteiger partial charge >= 0.3 is 6.09 Å². The molecule has 0 aromatic carbocycles. The third-order valence-electron chi connectivity index (χ3n) is 3.15. The Bertz CT molecular complexity index is 193. The zero-order chi connectivity index (χ0) is 10.6. The first-order valence-electron chi connectivity index (χ1n) is 5.18. The Morgan fingerprint density at radius 3 is 2.50 bits per heavy atom. The van der Waals surface area contributed by atoms with Gasteiger partial charge in [-0.05, 0) is 18.8 Å². The normalized spacial score (nSPS) is 20.4. The quantitative estimate of drug-likeness (QED) is 0.742. The van der Waals surface area contributed by atoms with Crippen LogP contribution in [-0.4, -0.2) is 35.1 Å². The van der Waals surface area contributed by atoms with Crippen molar-refractivity contribution in [3.8, 4) is 0 Å². The lowest BCUT2D eigenvalue weighted by Crippen LogP contribution is -2.43. The van der Waals surface area contributed by atoms with Crippen LogP contribution in [0.1, 0.15) is 32.1 Å². The molecule has 3 nitrogen and oxygen atoms in total. The van der Waals surface area contributed by atoms with Crippen LogP contribution in [0.4, 0.5) is 4.79 Å². The first-order valence-corrected chi connectivity index (χ1v) is 5.72. The summed E-state index contributed by atoms with van der Waals surface area (Å²) in [5, 5.41) is 8.88. The Kier molecular flexibility index (Phi) is 4.52. The van der Waals surface area contributed by atoms with Gasteiger partial charge in [-0.2, -0.15) is 0 Å². The minimum atomic E-state index is -0.874. The Labute approximate surface area is 90.0 Å². The molecule has 0 saturated heterocycles. The molecule has 1 N–H and O–H groups in total. The zero-order valence-electron chi connectivity index (χ0n) is 8.58. The molecular weight excluding hydrogens is 202 g/mol. The number of carbonyl (C=O) groups is 1. The number of halogens is 1. The van der Waals surface area contributed by atoms with Gasteiger partial charge in [-0.1, -0.05) is 19.3 Å². The molecule has 4 heteroatoms. The maximum absolute atomic E-state index is 10.8. The highest BCUT2D eigenvalue weighted by Crippen LogP contribution is 2.29. The van der Waals surface area contributed by atoms with Gasteiger partial charge in [-0.3, -0.25) is 0 Å². The molecule has 0 radical (unpaired) electrons. The summed E-state index contributed by atoms with van der Waals surface area (Å²) in [6.07, 6.45) is 5.07. The summed E-state index contributed by atoms with van der Waals surface area (Å²) in [5.41, 5.74) is 0. The van der Waals surface area contributed by atoms with Crippen molar-refractivity contribution < 1.29 is 9.90 Å². The van der Waals surface area contributed by atoms with E-state index in [2.05, 4.69) is 0 Å². The second-order valence-corrected chi connectivity index (χ2v) is 4.32. The highest BCUT2D eigenvalue weighted by atomic mass is 35.5. The summed E-state index contributed by atoms with van der Waals surface area (Å²) in [7, 11) is 1.62. The molecule has 1 atom stereocenters. The van der Waals surface area contributed by atoms with Crippen molar-refractivity contribution >= 4 is 17.7 Å². The van der Waals surface area contributed by atoms with Crippen LogP contribution in [0.2, 0.25) is 0 Å². The van der Waals surface area contributed by atoms with Gasteiger partial charge in [0, 0.05) is 12.9 Å². The number of rotatable bonds is 3. The summed E-state index contributed by atoms with van der Waals surface area (Å²) in [6.45, 7) is 0. The Morgan fingerprint density at radius 2 is 2.07 bits per heavy atom. The maximum atomic E-state index is 10.8. The summed E-state index contributed by atoms with van der Waals surface area (Å²) in [4.78, 5) is 12.2. The Balaban J connectivity index is 2.55. The van der Waals surface area contributed by atoms with Gasteiger partial charge < -0.3 is 10.0 Å². The van der Waals surface area contributed by atoms with Crippen molar-refractivity contribution in [2.24, 2.45) is 5.92 Å². The van der Waals surface area contributed by atoms with Gasteiger partial charge in [0.05, 0.1) is 6.04 Å². The van der Waals surface area contributed by atoms with Gasteiger partial charge in [-0.25, -0.2) is 4.79 Å². The standard InChI is InChI=1S/C10H18ClNO2/c1-12(10(13)14)9(7-11)8-5-3-2-4-6-8/h8-9H,2-7H2,1H3,(H,13,14). The number of hydrogen-bond donors (Lipinski definition) is 1. The van der Waals surface area contributed by atoms with Crippen LogP contribution >= 0.6 is 11.6 Å². The third kappa shape index (κ3) is 2.77. The molecular formula is C10H18ClNO2. The van der Waals surface area contributed by atoms with E-state index in [1.54, 1.807) is 7.05 Å². The van der Waals surface area contributed by atoms with Gasteiger partial charge in [0.25, 0.3) is 0 Å². The van der Waals surface area contributed by atoms with E-state index >= 15 is 0 Å². The molecule has 1 fully saturated rings. The lowest BCUT2D eigenvalue weighted by Gasteiger charge is -2.33. The maximum Gasteiger partial charge on any atom is 0.407 e. The predicted molar refractivity (Wildman–Crippen MR) is 56.9 cm³/mol. The topological polar surface area (TPSA) is 40.5 Å². The molecule has 1 rings (SSSR count). The largest absolute Gasteiger partial charge is 0.465 e. The summed E-state index contributed by atoms with van der Waals surface area (Å²) in [5.74, 6) is 0.871. The van der Waals surface area contributed by atoms with Gasteiger partial charge in [0.15, 0.2) is 0 Å². The summed E-state index contributed by atoms with van der Waals surface area (Å²) >= 11 is 5.83. The van der Waals surface area contributed by atoms with Crippen molar-refractivity contribution in [3.63, 3.8) is 0 Å². The molecule has 1 amide bonds. The molecule has 1 unspecified atom stereocenters. The molecule has 1 aliphatic rings.